The molecule has 0 radical (unpaired) electrons. The molecule has 0 unspecified atom stereocenters. The van der Waals surface area contributed by atoms with Crippen LogP contribution in [0.4, 0.5) is 5.69 Å². The average molecular weight is 256 g/mol. The normalized spacial score (nSPS) is 15.5. The number of anilines is 1. The van der Waals surface area contributed by atoms with Gasteiger partial charge in [-0.15, -0.1) is 0 Å². The van der Waals surface area contributed by atoms with Gasteiger partial charge in [-0.05, 0) is 25.0 Å². The Bertz CT molecular complexity index is 520. The third-order valence-corrected chi connectivity index (χ3v) is 4.25. The molecule has 0 aliphatic heterocycles. The lowest BCUT2D eigenvalue weighted by Crippen LogP contribution is -2.17. The minimum atomic E-state index is -3.28. The Morgan fingerprint density at radius 1 is 1.47 bits per heavy atom. The maximum Gasteiger partial charge on any atom is 0.309 e. The van der Waals surface area contributed by atoms with Crippen molar-refractivity contribution >= 4 is 21.7 Å². The monoisotopic (exact) mass is 256 g/mol. The molecule has 1 saturated carbocycles. The van der Waals surface area contributed by atoms with Gasteiger partial charge < -0.3 is 5.11 Å². The van der Waals surface area contributed by atoms with E-state index in [1.165, 1.54) is 18.3 Å². The summed E-state index contributed by atoms with van der Waals surface area (Å²) in [4.78, 5) is 14.3. The molecular weight excluding hydrogens is 244 g/mol. The number of sulfonamides is 1. The van der Waals surface area contributed by atoms with E-state index in [9.17, 15) is 13.2 Å². The molecule has 6 nitrogen and oxygen atoms in total. The third kappa shape index (κ3) is 3.16. The molecule has 1 aromatic rings. The Morgan fingerprint density at radius 2 is 2.18 bits per heavy atom. The molecule has 1 aromatic heterocycles. The lowest BCUT2D eigenvalue weighted by molar-refractivity contribution is -0.136. The Labute approximate surface area is 98.7 Å². The topological polar surface area (TPSA) is 96.4 Å². The summed E-state index contributed by atoms with van der Waals surface area (Å²) in [6, 6.07) is 3.02. The van der Waals surface area contributed by atoms with E-state index in [1.807, 2.05) is 0 Å². The molecule has 92 valence electrons. The largest absolute Gasteiger partial charge is 0.481 e. The number of hydrogen-bond acceptors (Lipinski definition) is 4. The summed E-state index contributed by atoms with van der Waals surface area (Å²) in [5.41, 5.74) is 0.762. The second kappa shape index (κ2) is 4.33. The van der Waals surface area contributed by atoms with Crippen molar-refractivity contribution < 1.29 is 18.3 Å². The fraction of sp³-hybridized carbons (Fsp3) is 0.400. The van der Waals surface area contributed by atoms with Crippen LogP contribution in [0.3, 0.4) is 0 Å². The van der Waals surface area contributed by atoms with Gasteiger partial charge in [0.2, 0.25) is 10.0 Å². The van der Waals surface area contributed by atoms with Crippen LogP contribution >= 0.6 is 0 Å². The lowest BCUT2D eigenvalue weighted by atomic mass is 10.3. The number of carbonyl (C=O) groups is 1. The van der Waals surface area contributed by atoms with Crippen LogP contribution in [0, 0.1) is 0 Å². The zero-order chi connectivity index (χ0) is 12.5. The first-order chi connectivity index (χ1) is 7.97. The van der Waals surface area contributed by atoms with Crippen molar-refractivity contribution in [1.29, 1.82) is 0 Å². The van der Waals surface area contributed by atoms with Crippen LogP contribution in [-0.4, -0.2) is 29.7 Å². The van der Waals surface area contributed by atoms with Gasteiger partial charge in [0.1, 0.15) is 0 Å². The molecule has 0 spiro atoms. The first-order valence-corrected chi connectivity index (χ1v) is 6.70. The molecule has 0 aromatic carbocycles. The van der Waals surface area contributed by atoms with Gasteiger partial charge in [-0.1, -0.05) is 0 Å². The molecule has 7 heteroatoms. The number of aliphatic carboxylic acids is 1. The molecular formula is C10H12N2O4S. The number of nitrogens with zero attached hydrogens (tertiary/aromatic N) is 1. The number of nitrogens with one attached hydrogen (secondary N) is 1. The molecule has 1 fully saturated rings. The van der Waals surface area contributed by atoms with Crippen LogP contribution in [0.2, 0.25) is 0 Å². The zero-order valence-electron chi connectivity index (χ0n) is 8.96. The summed E-state index contributed by atoms with van der Waals surface area (Å²) < 4.78 is 25.6. The minimum absolute atomic E-state index is 0.171. The van der Waals surface area contributed by atoms with E-state index in [2.05, 4.69) is 9.71 Å². The van der Waals surface area contributed by atoms with E-state index in [4.69, 9.17) is 5.11 Å². The number of hydrogen-bond donors (Lipinski definition) is 2. The Kier molecular flexibility index (Phi) is 3.01. The van der Waals surface area contributed by atoms with Gasteiger partial charge in [-0.3, -0.25) is 14.5 Å². The average Bonchev–Trinajstić information content (AvgIpc) is 3.03. The van der Waals surface area contributed by atoms with Crippen molar-refractivity contribution in [3.05, 3.63) is 24.0 Å². The molecule has 2 rings (SSSR count). The van der Waals surface area contributed by atoms with Crippen molar-refractivity contribution in [3.8, 4) is 0 Å². The molecule has 2 N–H and O–H groups in total. The molecule has 1 heterocycles. The van der Waals surface area contributed by atoms with Crippen molar-refractivity contribution in [2.75, 3.05) is 4.72 Å². The van der Waals surface area contributed by atoms with Crippen molar-refractivity contribution in [2.24, 2.45) is 0 Å². The summed E-state index contributed by atoms with van der Waals surface area (Å²) in [7, 11) is -3.28. The molecule has 0 bridgehead atoms. The molecule has 17 heavy (non-hydrogen) atoms. The summed E-state index contributed by atoms with van der Waals surface area (Å²) in [6.45, 7) is 0. The highest BCUT2D eigenvalue weighted by Gasteiger charge is 2.35. The minimum Gasteiger partial charge on any atom is -0.481 e. The van der Waals surface area contributed by atoms with Gasteiger partial charge in [0, 0.05) is 0 Å². The fourth-order valence-corrected chi connectivity index (χ4v) is 2.74. The molecule has 0 atom stereocenters. The highest BCUT2D eigenvalue weighted by atomic mass is 32.2. The smallest absolute Gasteiger partial charge is 0.309 e. The summed E-state index contributed by atoms with van der Waals surface area (Å²) in [6.07, 6.45) is 2.55. The number of rotatable bonds is 5. The van der Waals surface area contributed by atoms with Gasteiger partial charge in [0.15, 0.2) is 0 Å². The van der Waals surface area contributed by atoms with Crippen LogP contribution in [0.15, 0.2) is 18.3 Å². The van der Waals surface area contributed by atoms with Crippen LogP contribution in [0.25, 0.3) is 0 Å². The third-order valence-electron chi connectivity index (χ3n) is 2.38. The molecule has 1 aliphatic rings. The van der Waals surface area contributed by atoms with Crippen LogP contribution in [0.5, 0.6) is 0 Å². The van der Waals surface area contributed by atoms with E-state index < -0.39 is 16.0 Å². The van der Waals surface area contributed by atoms with Gasteiger partial charge in [0.05, 0.1) is 29.2 Å². The highest BCUT2D eigenvalue weighted by Crippen LogP contribution is 2.29. The van der Waals surface area contributed by atoms with Crippen LogP contribution in [-0.2, 0) is 21.2 Å². The molecule has 1 aliphatic carbocycles. The number of carboxylic acids is 1. The predicted molar refractivity (Wildman–Crippen MR) is 61.1 cm³/mol. The first-order valence-electron chi connectivity index (χ1n) is 5.16. The number of aromatic nitrogens is 1. The standard InChI is InChI=1S/C10H12N2O4S/c13-10(14)5-7-1-2-8(6-11-7)12-17(15,16)9-3-4-9/h1-2,6,9,12H,3-5H2,(H,13,14). The van der Waals surface area contributed by atoms with Crippen molar-refractivity contribution in [2.45, 2.75) is 24.5 Å². The van der Waals surface area contributed by atoms with Gasteiger partial charge in [-0.2, -0.15) is 0 Å². The van der Waals surface area contributed by atoms with E-state index in [0.29, 0.717) is 24.2 Å². The second-order valence-electron chi connectivity index (χ2n) is 3.96. The number of carboxylic acid groups (broad SMARTS) is 1. The Hall–Kier alpha value is -1.63. The summed E-state index contributed by atoms with van der Waals surface area (Å²) in [5.74, 6) is -0.969. The van der Waals surface area contributed by atoms with Crippen molar-refractivity contribution in [1.82, 2.24) is 4.98 Å². The van der Waals surface area contributed by atoms with E-state index >= 15 is 0 Å². The van der Waals surface area contributed by atoms with Gasteiger partial charge in [0.25, 0.3) is 0 Å². The Morgan fingerprint density at radius 3 is 2.65 bits per heavy atom. The first kappa shape index (κ1) is 11.8. The van der Waals surface area contributed by atoms with E-state index in [0.717, 1.165) is 0 Å². The zero-order valence-corrected chi connectivity index (χ0v) is 9.77. The summed E-state index contributed by atoms with van der Waals surface area (Å²) in [5, 5.41) is 8.26. The second-order valence-corrected chi connectivity index (χ2v) is 5.92. The van der Waals surface area contributed by atoms with Crippen LogP contribution in [0.1, 0.15) is 18.5 Å². The van der Waals surface area contributed by atoms with Crippen LogP contribution < -0.4 is 4.72 Å². The number of pyridine rings is 1. The SMILES string of the molecule is O=C(O)Cc1ccc(NS(=O)(=O)C2CC2)cn1. The molecule has 0 amide bonds. The maximum absolute atomic E-state index is 11.6. The molecule has 0 saturated heterocycles. The Balaban J connectivity index is 2.05. The highest BCUT2D eigenvalue weighted by molar-refractivity contribution is 7.93. The van der Waals surface area contributed by atoms with Gasteiger partial charge >= 0.3 is 5.97 Å². The van der Waals surface area contributed by atoms with Gasteiger partial charge in [-0.25, -0.2) is 8.42 Å². The van der Waals surface area contributed by atoms with E-state index in [1.54, 1.807) is 0 Å². The lowest BCUT2D eigenvalue weighted by Gasteiger charge is -2.06. The maximum atomic E-state index is 11.6. The van der Waals surface area contributed by atoms with Crippen molar-refractivity contribution in [3.63, 3.8) is 0 Å². The fourth-order valence-electron chi connectivity index (χ4n) is 1.37. The summed E-state index contributed by atoms with van der Waals surface area (Å²) >= 11 is 0. The quantitative estimate of drug-likeness (QED) is 0.804. The predicted octanol–water partition coefficient (Wildman–Crippen LogP) is 0.613. The van der Waals surface area contributed by atoms with E-state index in [-0.39, 0.29) is 11.7 Å².